The monoisotopic (exact) mass is 240 g/mol. The molecule has 1 saturated carbocycles. The predicted molar refractivity (Wildman–Crippen MR) is 71.6 cm³/mol. The van der Waals surface area contributed by atoms with Crippen molar-refractivity contribution in [3.05, 3.63) is 0 Å². The third kappa shape index (κ3) is 3.44. The zero-order chi connectivity index (χ0) is 13.0. The molecule has 0 spiro atoms. The van der Waals surface area contributed by atoms with Crippen LogP contribution in [0.1, 0.15) is 53.4 Å². The highest BCUT2D eigenvalue weighted by Gasteiger charge is 2.35. The number of carbonyl (C=O) groups excluding carboxylic acids is 1. The molecule has 3 heteroatoms. The molecule has 1 aliphatic carbocycles. The van der Waals surface area contributed by atoms with E-state index in [1.807, 2.05) is 4.90 Å². The minimum atomic E-state index is 0.146. The summed E-state index contributed by atoms with van der Waals surface area (Å²) >= 11 is 0. The molecule has 0 heterocycles. The molecule has 0 aromatic rings. The fraction of sp³-hybridized carbons (Fsp3) is 0.929. The van der Waals surface area contributed by atoms with Gasteiger partial charge in [0.2, 0.25) is 5.91 Å². The fourth-order valence-electron chi connectivity index (χ4n) is 2.82. The van der Waals surface area contributed by atoms with Gasteiger partial charge in [0, 0.05) is 24.5 Å². The Balaban J connectivity index is 2.72. The highest BCUT2D eigenvalue weighted by atomic mass is 16.2. The molecule has 1 rings (SSSR count). The van der Waals surface area contributed by atoms with E-state index in [1.165, 1.54) is 0 Å². The van der Waals surface area contributed by atoms with Crippen molar-refractivity contribution < 1.29 is 4.79 Å². The Morgan fingerprint density at radius 3 is 2.59 bits per heavy atom. The van der Waals surface area contributed by atoms with Crippen LogP contribution in [0.4, 0.5) is 0 Å². The molecule has 0 aliphatic heterocycles. The Labute approximate surface area is 106 Å². The Bertz CT molecular complexity index is 253. The van der Waals surface area contributed by atoms with E-state index in [-0.39, 0.29) is 12.0 Å². The Morgan fingerprint density at radius 1 is 1.41 bits per heavy atom. The highest BCUT2D eigenvalue weighted by molar-refractivity contribution is 5.79. The van der Waals surface area contributed by atoms with E-state index in [0.717, 1.165) is 32.2 Å². The van der Waals surface area contributed by atoms with Crippen LogP contribution in [0.5, 0.6) is 0 Å². The molecule has 0 aromatic carbocycles. The van der Waals surface area contributed by atoms with E-state index in [0.29, 0.717) is 17.9 Å². The largest absolute Gasteiger partial charge is 0.340 e. The van der Waals surface area contributed by atoms with Crippen molar-refractivity contribution in [2.45, 2.75) is 65.5 Å². The van der Waals surface area contributed by atoms with E-state index < -0.39 is 0 Å². The van der Waals surface area contributed by atoms with E-state index >= 15 is 0 Å². The van der Waals surface area contributed by atoms with Gasteiger partial charge in [0.15, 0.2) is 0 Å². The van der Waals surface area contributed by atoms with Crippen molar-refractivity contribution >= 4 is 5.91 Å². The number of nitrogens with two attached hydrogens (primary N) is 1. The average Bonchev–Trinajstić information content (AvgIpc) is 2.28. The second-order valence-corrected chi connectivity index (χ2v) is 5.69. The maximum atomic E-state index is 12.6. The topological polar surface area (TPSA) is 46.3 Å². The summed E-state index contributed by atoms with van der Waals surface area (Å²) in [5, 5.41) is 0. The van der Waals surface area contributed by atoms with Gasteiger partial charge in [0.1, 0.15) is 0 Å². The van der Waals surface area contributed by atoms with E-state index in [1.54, 1.807) is 0 Å². The van der Waals surface area contributed by atoms with Gasteiger partial charge in [-0.25, -0.2) is 0 Å². The van der Waals surface area contributed by atoms with Crippen molar-refractivity contribution in [2.24, 2.45) is 17.6 Å². The lowest BCUT2D eigenvalue weighted by atomic mass is 9.76. The number of hydrogen-bond donors (Lipinski definition) is 1. The summed E-state index contributed by atoms with van der Waals surface area (Å²) in [5.74, 6) is 0.798. The molecule has 0 aromatic heterocycles. The first-order valence-corrected chi connectivity index (χ1v) is 7.05. The molecule has 3 atom stereocenters. The number of hydrogen-bond acceptors (Lipinski definition) is 2. The number of nitrogens with zero attached hydrogens (tertiary/aromatic N) is 1. The van der Waals surface area contributed by atoms with Crippen LogP contribution in [0.25, 0.3) is 0 Å². The van der Waals surface area contributed by atoms with Gasteiger partial charge in [-0.2, -0.15) is 0 Å². The summed E-state index contributed by atoms with van der Waals surface area (Å²) in [6.45, 7) is 9.33. The first kappa shape index (κ1) is 14.5. The van der Waals surface area contributed by atoms with Gasteiger partial charge in [-0.3, -0.25) is 4.79 Å². The first-order valence-electron chi connectivity index (χ1n) is 7.05. The SMILES string of the molecule is CCCN(C(=O)C1CCCC(N)C1C)C(C)C. The van der Waals surface area contributed by atoms with Gasteiger partial charge in [-0.15, -0.1) is 0 Å². The molecule has 2 N–H and O–H groups in total. The first-order chi connectivity index (χ1) is 7.99. The van der Waals surface area contributed by atoms with Gasteiger partial charge < -0.3 is 10.6 Å². The Hall–Kier alpha value is -0.570. The van der Waals surface area contributed by atoms with Crippen molar-refractivity contribution in [3.63, 3.8) is 0 Å². The average molecular weight is 240 g/mol. The molecule has 3 nitrogen and oxygen atoms in total. The molecule has 3 unspecified atom stereocenters. The van der Waals surface area contributed by atoms with Crippen LogP contribution in [0.3, 0.4) is 0 Å². The van der Waals surface area contributed by atoms with Crippen LogP contribution in [-0.2, 0) is 4.79 Å². The highest BCUT2D eigenvalue weighted by Crippen LogP contribution is 2.30. The standard InChI is InChI=1S/C14H28N2O/c1-5-9-16(10(2)3)14(17)12-7-6-8-13(15)11(12)4/h10-13H,5-9,15H2,1-4H3. The van der Waals surface area contributed by atoms with E-state index in [2.05, 4.69) is 27.7 Å². The molecule has 100 valence electrons. The van der Waals surface area contributed by atoms with Crippen LogP contribution < -0.4 is 5.73 Å². The van der Waals surface area contributed by atoms with Crippen LogP contribution >= 0.6 is 0 Å². The van der Waals surface area contributed by atoms with Crippen LogP contribution in [0.15, 0.2) is 0 Å². The molecule has 1 amide bonds. The normalized spacial score (nSPS) is 29.4. The third-order valence-electron chi connectivity index (χ3n) is 4.05. The lowest BCUT2D eigenvalue weighted by Crippen LogP contribution is -2.48. The van der Waals surface area contributed by atoms with Crippen LogP contribution in [-0.4, -0.2) is 29.4 Å². The second kappa shape index (κ2) is 6.39. The number of carbonyl (C=O) groups is 1. The van der Waals surface area contributed by atoms with E-state index in [9.17, 15) is 4.79 Å². The van der Waals surface area contributed by atoms with Gasteiger partial charge >= 0.3 is 0 Å². The van der Waals surface area contributed by atoms with Crippen LogP contribution in [0, 0.1) is 11.8 Å². The minimum absolute atomic E-state index is 0.146. The summed E-state index contributed by atoms with van der Waals surface area (Å²) in [6, 6.07) is 0.501. The summed E-state index contributed by atoms with van der Waals surface area (Å²) in [4.78, 5) is 14.6. The molecule has 1 fully saturated rings. The zero-order valence-electron chi connectivity index (χ0n) is 11.8. The Kier molecular flexibility index (Phi) is 5.44. The van der Waals surface area contributed by atoms with Gasteiger partial charge in [0.05, 0.1) is 0 Å². The molecular formula is C14H28N2O. The number of amides is 1. The van der Waals surface area contributed by atoms with Gasteiger partial charge in [-0.1, -0.05) is 20.3 Å². The zero-order valence-corrected chi connectivity index (χ0v) is 11.8. The molecule has 0 bridgehead atoms. The van der Waals surface area contributed by atoms with Crippen molar-refractivity contribution in [1.29, 1.82) is 0 Å². The van der Waals surface area contributed by atoms with Gasteiger partial charge in [0.25, 0.3) is 0 Å². The summed E-state index contributed by atoms with van der Waals surface area (Å²) in [7, 11) is 0. The smallest absolute Gasteiger partial charge is 0.226 e. The molecule has 17 heavy (non-hydrogen) atoms. The number of rotatable bonds is 4. The third-order valence-corrected chi connectivity index (χ3v) is 4.05. The van der Waals surface area contributed by atoms with Crippen molar-refractivity contribution in [3.8, 4) is 0 Å². The molecule has 0 radical (unpaired) electrons. The molecular weight excluding hydrogens is 212 g/mol. The van der Waals surface area contributed by atoms with Crippen molar-refractivity contribution in [2.75, 3.05) is 6.54 Å². The molecule has 1 aliphatic rings. The quantitative estimate of drug-likeness (QED) is 0.820. The fourth-order valence-corrected chi connectivity index (χ4v) is 2.82. The second-order valence-electron chi connectivity index (χ2n) is 5.69. The maximum absolute atomic E-state index is 12.6. The summed E-state index contributed by atoms with van der Waals surface area (Å²) in [5.41, 5.74) is 6.09. The van der Waals surface area contributed by atoms with Gasteiger partial charge in [-0.05, 0) is 39.0 Å². The Morgan fingerprint density at radius 2 is 2.06 bits per heavy atom. The summed E-state index contributed by atoms with van der Waals surface area (Å²) in [6.07, 6.45) is 4.21. The predicted octanol–water partition coefficient (Wildman–Crippen LogP) is 2.40. The summed E-state index contributed by atoms with van der Waals surface area (Å²) < 4.78 is 0. The minimum Gasteiger partial charge on any atom is -0.340 e. The lowest BCUT2D eigenvalue weighted by Gasteiger charge is -2.37. The molecule has 0 saturated heterocycles. The van der Waals surface area contributed by atoms with Crippen molar-refractivity contribution in [1.82, 2.24) is 4.90 Å². The lowest BCUT2D eigenvalue weighted by molar-refractivity contribution is -0.140. The van der Waals surface area contributed by atoms with Crippen LogP contribution in [0.2, 0.25) is 0 Å². The van der Waals surface area contributed by atoms with E-state index in [4.69, 9.17) is 5.73 Å². The maximum Gasteiger partial charge on any atom is 0.226 e.